The van der Waals surface area contributed by atoms with Gasteiger partial charge in [-0.05, 0) is 52.5 Å². The van der Waals surface area contributed by atoms with Crippen LogP contribution in [0.4, 0.5) is 0 Å². The van der Waals surface area contributed by atoms with Crippen LogP contribution >= 0.6 is 0 Å². The average molecular weight is 507 g/mol. The summed E-state index contributed by atoms with van der Waals surface area (Å²) in [6.45, 7) is 2.98. The Labute approximate surface area is 222 Å². The van der Waals surface area contributed by atoms with Crippen molar-refractivity contribution in [2.75, 3.05) is 20.2 Å². The molecule has 4 rings (SSSR count). The predicted octanol–water partition coefficient (Wildman–Crippen LogP) is 6.46. The number of likely N-dealkylation sites (N-methyl/N-ethyl adjacent to an activating group) is 1. The van der Waals surface area contributed by atoms with Gasteiger partial charge in [0, 0.05) is 13.1 Å². The molecule has 7 heteroatoms. The minimum absolute atomic E-state index is 0.170. The number of hydrogen-bond acceptors (Lipinski definition) is 6. The van der Waals surface area contributed by atoms with Gasteiger partial charge < -0.3 is 9.64 Å². The van der Waals surface area contributed by atoms with Crippen molar-refractivity contribution in [1.29, 1.82) is 10.8 Å². The molecule has 0 saturated heterocycles. The van der Waals surface area contributed by atoms with Gasteiger partial charge >= 0.3 is 0 Å². The molecule has 0 amide bonds. The Morgan fingerprint density at radius 2 is 1.42 bits per heavy atom. The number of allylic oxidation sites excluding steroid dienone is 5. The van der Waals surface area contributed by atoms with Gasteiger partial charge in [0.1, 0.15) is 18.1 Å². The summed E-state index contributed by atoms with van der Waals surface area (Å²) in [6, 6.07) is 28.9. The van der Waals surface area contributed by atoms with Gasteiger partial charge in [-0.25, -0.2) is 0 Å². The predicted molar refractivity (Wildman–Crippen MR) is 152 cm³/mol. The molecular weight excluding hydrogens is 476 g/mol. The molecule has 3 aromatic rings. The molecular formula is C31H30N4O3. The fourth-order valence-electron chi connectivity index (χ4n) is 4.47. The molecule has 1 aliphatic carbocycles. The van der Waals surface area contributed by atoms with E-state index in [1.165, 1.54) is 28.9 Å². The van der Waals surface area contributed by atoms with Crippen molar-refractivity contribution in [2.45, 2.75) is 13.3 Å². The maximum absolute atomic E-state index is 11.0. The minimum Gasteiger partial charge on any atom is -0.492 e. The third-order valence-corrected chi connectivity index (χ3v) is 6.45. The van der Waals surface area contributed by atoms with Gasteiger partial charge in [-0.15, -0.1) is 0 Å². The topological polar surface area (TPSA) is 103 Å². The molecule has 0 bridgehead atoms. The second kappa shape index (κ2) is 12.0. The third kappa shape index (κ3) is 5.78. The van der Waals surface area contributed by atoms with Gasteiger partial charge in [-0.1, -0.05) is 79.7 Å². The van der Waals surface area contributed by atoms with E-state index in [0.717, 1.165) is 23.3 Å². The number of rotatable bonds is 10. The molecule has 0 unspecified atom stereocenters. The lowest BCUT2D eigenvalue weighted by Crippen LogP contribution is -2.34. The highest BCUT2D eigenvalue weighted by molar-refractivity contribution is 6.51. The van der Waals surface area contributed by atoms with Gasteiger partial charge in [0.25, 0.3) is 5.70 Å². The molecule has 0 atom stereocenters. The van der Waals surface area contributed by atoms with E-state index in [4.69, 9.17) is 15.6 Å². The summed E-state index contributed by atoms with van der Waals surface area (Å²) in [4.78, 5) is 12.1. The minimum atomic E-state index is -0.640. The highest BCUT2D eigenvalue weighted by Gasteiger charge is 2.28. The molecule has 0 radical (unpaired) electrons. The summed E-state index contributed by atoms with van der Waals surface area (Å²) in [6.07, 6.45) is 3.66. The van der Waals surface area contributed by atoms with Crippen LogP contribution in [0.15, 0.2) is 108 Å². The van der Waals surface area contributed by atoms with Crippen LogP contribution in [0.3, 0.4) is 0 Å². The zero-order valence-electron chi connectivity index (χ0n) is 21.5. The first-order valence-electron chi connectivity index (χ1n) is 12.4. The molecule has 0 aliphatic heterocycles. The molecule has 0 saturated carbocycles. The third-order valence-electron chi connectivity index (χ3n) is 6.45. The van der Waals surface area contributed by atoms with Crippen molar-refractivity contribution in [3.63, 3.8) is 0 Å². The molecule has 0 spiro atoms. The van der Waals surface area contributed by atoms with Crippen LogP contribution < -0.4 is 4.74 Å². The van der Waals surface area contributed by atoms with Crippen molar-refractivity contribution in [1.82, 2.24) is 4.90 Å². The second-order valence-electron chi connectivity index (χ2n) is 8.84. The first-order valence-corrected chi connectivity index (χ1v) is 12.4. The number of ether oxygens (including phenoxy) is 1. The zero-order chi connectivity index (χ0) is 27.1. The first-order chi connectivity index (χ1) is 18.4. The number of benzene rings is 3. The van der Waals surface area contributed by atoms with Crippen LogP contribution in [0.1, 0.15) is 30.0 Å². The highest BCUT2D eigenvalue weighted by Crippen LogP contribution is 2.34. The molecule has 0 heterocycles. The number of nitrogens with one attached hydrogen (secondary N) is 2. The first kappa shape index (κ1) is 26.3. The van der Waals surface area contributed by atoms with E-state index in [2.05, 4.69) is 67.6 Å². The maximum Gasteiger partial charge on any atom is 0.296 e. The van der Waals surface area contributed by atoms with Crippen molar-refractivity contribution in [3.05, 3.63) is 135 Å². The molecule has 1 aliphatic rings. The van der Waals surface area contributed by atoms with Crippen molar-refractivity contribution < 1.29 is 9.66 Å². The van der Waals surface area contributed by atoms with Crippen LogP contribution in [-0.2, 0) is 0 Å². The van der Waals surface area contributed by atoms with Gasteiger partial charge in [0.15, 0.2) is 5.71 Å². The van der Waals surface area contributed by atoms with Crippen LogP contribution in [0, 0.1) is 20.9 Å². The second-order valence-corrected chi connectivity index (χ2v) is 8.84. The van der Waals surface area contributed by atoms with E-state index < -0.39 is 4.92 Å². The van der Waals surface area contributed by atoms with Crippen molar-refractivity contribution in [3.8, 4) is 5.75 Å². The lowest BCUT2D eigenvalue weighted by atomic mass is 9.88. The van der Waals surface area contributed by atoms with Crippen LogP contribution in [0.2, 0.25) is 0 Å². The van der Waals surface area contributed by atoms with E-state index in [-0.39, 0.29) is 17.1 Å². The Bertz CT molecular complexity index is 1420. The summed E-state index contributed by atoms with van der Waals surface area (Å²) >= 11 is 0. The fourth-order valence-corrected chi connectivity index (χ4v) is 4.47. The van der Waals surface area contributed by atoms with Gasteiger partial charge in [0.05, 0.1) is 17.2 Å². The molecule has 38 heavy (non-hydrogen) atoms. The highest BCUT2D eigenvalue weighted by atomic mass is 16.6. The molecule has 7 nitrogen and oxygen atoms in total. The number of nitrogens with zero attached hydrogens (tertiary/aromatic N) is 2. The summed E-state index contributed by atoms with van der Waals surface area (Å²) < 4.78 is 5.97. The quantitative estimate of drug-likeness (QED) is 0.142. The summed E-state index contributed by atoms with van der Waals surface area (Å²) in [5.74, 6) is 0.725. The van der Waals surface area contributed by atoms with E-state index in [1.807, 2.05) is 24.3 Å². The Kier molecular flexibility index (Phi) is 8.28. The smallest absolute Gasteiger partial charge is 0.296 e. The Balaban J connectivity index is 1.50. The van der Waals surface area contributed by atoms with Crippen molar-refractivity contribution >= 4 is 22.6 Å². The van der Waals surface area contributed by atoms with E-state index >= 15 is 0 Å². The van der Waals surface area contributed by atoms with E-state index in [9.17, 15) is 10.1 Å². The monoisotopic (exact) mass is 506 g/mol. The number of nitro groups is 1. The van der Waals surface area contributed by atoms with E-state index in [0.29, 0.717) is 18.8 Å². The Morgan fingerprint density at radius 1 is 0.842 bits per heavy atom. The van der Waals surface area contributed by atoms with Crippen LogP contribution in [0.5, 0.6) is 5.75 Å². The molecule has 192 valence electrons. The van der Waals surface area contributed by atoms with Gasteiger partial charge in [0.2, 0.25) is 0 Å². The van der Waals surface area contributed by atoms with Crippen molar-refractivity contribution in [2.24, 2.45) is 0 Å². The van der Waals surface area contributed by atoms with Gasteiger partial charge in [-0.3, -0.25) is 20.9 Å². The SMILES string of the molecule is CC/C(=C(\c1ccccc1)c1ccc(OCCN(C)C2=CC=C([N+](=O)[O-])C(=N)C2=N)cc1)c1ccccc1. The summed E-state index contributed by atoms with van der Waals surface area (Å²) in [5, 5.41) is 27.0. The van der Waals surface area contributed by atoms with Crippen LogP contribution in [0.25, 0.3) is 11.1 Å². The van der Waals surface area contributed by atoms with Crippen LogP contribution in [-0.4, -0.2) is 41.4 Å². The zero-order valence-corrected chi connectivity index (χ0v) is 21.5. The van der Waals surface area contributed by atoms with Gasteiger partial charge in [-0.2, -0.15) is 0 Å². The summed E-state index contributed by atoms with van der Waals surface area (Å²) in [7, 11) is 1.78. The Morgan fingerprint density at radius 3 is 2.00 bits per heavy atom. The normalized spacial score (nSPS) is 13.8. The molecule has 3 aromatic carbocycles. The van der Waals surface area contributed by atoms with E-state index in [1.54, 1.807) is 11.9 Å². The molecule has 0 fully saturated rings. The largest absolute Gasteiger partial charge is 0.492 e. The average Bonchev–Trinajstić information content (AvgIpc) is 2.94. The molecule has 0 aromatic heterocycles. The fraction of sp³-hybridized carbons (Fsp3) is 0.161. The Hall–Kier alpha value is -4.78. The maximum atomic E-state index is 11.0. The lowest BCUT2D eigenvalue weighted by Gasteiger charge is -2.24. The number of hydrogen-bond donors (Lipinski definition) is 2. The standard InChI is InChI=1S/C31H30N4O3/c1-3-26(22-10-6-4-7-11-22)29(23-12-8-5-9-13-23)24-14-16-25(17-15-24)38-21-20-34(2)27-18-19-28(35(36)37)31(33)30(27)32/h4-19,32-33H,3,20-21H2,1-2H3/b29-26-,32-30?,33-31?. The molecule has 2 N–H and O–H groups in total. The lowest BCUT2D eigenvalue weighted by molar-refractivity contribution is -0.414. The summed E-state index contributed by atoms with van der Waals surface area (Å²) in [5.41, 5.74) is 5.45.